The van der Waals surface area contributed by atoms with E-state index < -0.39 is 16.9 Å². The number of aliphatic carboxylic acids is 1. The van der Waals surface area contributed by atoms with Crippen LogP contribution < -0.4 is 4.90 Å². The number of carboxylic acids is 1. The lowest BCUT2D eigenvalue weighted by Crippen LogP contribution is -2.47. The third kappa shape index (κ3) is 2.64. The summed E-state index contributed by atoms with van der Waals surface area (Å²) < 4.78 is 0. The molecule has 0 saturated carbocycles. The van der Waals surface area contributed by atoms with Gasteiger partial charge in [-0.15, -0.1) is 0 Å². The third-order valence-corrected chi connectivity index (χ3v) is 3.38. The second-order valence-corrected chi connectivity index (χ2v) is 4.78. The Bertz CT molecular complexity index is 506. The van der Waals surface area contributed by atoms with E-state index in [-0.39, 0.29) is 11.5 Å². The summed E-state index contributed by atoms with van der Waals surface area (Å²) in [6.07, 6.45) is 2.72. The van der Waals surface area contributed by atoms with Crippen LogP contribution in [0.1, 0.15) is 19.8 Å². The Kier molecular flexibility index (Phi) is 3.64. The summed E-state index contributed by atoms with van der Waals surface area (Å²) in [7, 11) is 0. The van der Waals surface area contributed by atoms with Gasteiger partial charge in [0.25, 0.3) is 0 Å². The van der Waals surface area contributed by atoms with Crippen molar-refractivity contribution >= 4 is 17.5 Å². The molecule has 1 aromatic rings. The van der Waals surface area contributed by atoms with Crippen LogP contribution in [0.4, 0.5) is 11.5 Å². The van der Waals surface area contributed by atoms with Crippen LogP contribution >= 0.6 is 0 Å². The van der Waals surface area contributed by atoms with Crippen LogP contribution in [-0.4, -0.2) is 33.6 Å². The Hall–Kier alpha value is -2.18. The molecule has 19 heavy (non-hydrogen) atoms. The summed E-state index contributed by atoms with van der Waals surface area (Å²) in [5.41, 5.74) is -0.150. The smallest absolute Gasteiger partial charge is 0.326 e. The second-order valence-electron chi connectivity index (χ2n) is 4.78. The summed E-state index contributed by atoms with van der Waals surface area (Å²) in [6.45, 7) is 2.45. The van der Waals surface area contributed by atoms with Crippen molar-refractivity contribution in [3.8, 4) is 0 Å². The highest BCUT2D eigenvalue weighted by Crippen LogP contribution is 2.32. The maximum atomic E-state index is 11.3. The van der Waals surface area contributed by atoms with E-state index in [4.69, 9.17) is 0 Å². The van der Waals surface area contributed by atoms with E-state index in [1.165, 1.54) is 23.2 Å². The fourth-order valence-electron chi connectivity index (χ4n) is 2.38. The summed E-state index contributed by atoms with van der Waals surface area (Å²) in [4.78, 5) is 27.3. The zero-order chi connectivity index (χ0) is 14.0. The van der Waals surface area contributed by atoms with Crippen molar-refractivity contribution in [2.24, 2.45) is 5.92 Å². The van der Waals surface area contributed by atoms with E-state index in [9.17, 15) is 20.0 Å². The quantitative estimate of drug-likeness (QED) is 0.659. The Morgan fingerprint density at radius 1 is 1.63 bits per heavy atom. The van der Waals surface area contributed by atoms with E-state index in [0.29, 0.717) is 18.9 Å². The predicted molar refractivity (Wildman–Crippen MR) is 68.1 cm³/mol. The van der Waals surface area contributed by atoms with Crippen LogP contribution in [0.15, 0.2) is 18.3 Å². The average molecular weight is 265 g/mol. The monoisotopic (exact) mass is 265 g/mol. The number of carbonyl (C=O) groups is 1. The number of piperidine rings is 1. The minimum atomic E-state index is -0.966. The SMILES string of the molecule is CC1CCN(c2ncccc2[N+](=O)[O-])C(C(=O)O)C1. The molecule has 2 unspecified atom stereocenters. The average Bonchev–Trinajstić information content (AvgIpc) is 2.38. The predicted octanol–water partition coefficient (Wildman–Crippen LogP) is 1.68. The summed E-state index contributed by atoms with van der Waals surface area (Å²) >= 11 is 0. The third-order valence-electron chi connectivity index (χ3n) is 3.38. The molecule has 1 N–H and O–H groups in total. The second kappa shape index (κ2) is 5.21. The normalized spacial score (nSPS) is 23.1. The summed E-state index contributed by atoms with van der Waals surface area (Å²) in [5.74, 6) is -0.529. The van der Waals surface area contributed by atoms with Crippen LogP contribution in [0, 0.1) is 16.0 Å². The van der Waals surface area contributed by atoms with Crippen molar-refractivity contribution in [3.05, 3.63) is 28.4 Å². The first-order valence-electron chi connectivity index (χ1n) is 6.09. The highest BCUT2D eigenvalue weighted by molar-refractivity contribution is 5.79. The number of rotatable bonds is 3. The number of nitro groups is 1. The maximum Gasteiger partial charge on any atom is 0.326 e. The standard InChI is InChI=1S/C12H15N3O4/c1-8-4-6-14(10(7-8)12(16)17)11-9(15(18)19)3-2-5-13-11/h2-3,5,8,10H,4,6-7H2,1H3,(H,16,17). The van der Waals surface area contributed by atoms with E-state index in [1.807, 2.05) is 6.92 Å². The minimum Gasteiger partial charge on any atom is -0.480 e. The molecule has 2 atom stereocenters. The lowest BCUT2D eigenvalue weighted by Gasteiger charge is -2.36. The van der Waals surface area contributed by atoms with Gasteiger partial charge in [0.15, 0.2) is 0 Å². The van der Waals surface area contributed by atoms with Crippen LogP contribution in [0.5, 0.6) is 0 Å². The Morgan fingerprint density at radius 2 is 2.37 bits per heavy atom. The fraction of sp³-hybridized carbons (Fsp3) is 0.500. The molecule has 1 fully saturated rings. The lowest BCUT2D eigenvalue weighted by molar-refractivity contribution is -0.384. The maximum absolute atomic E-state index is 11.3. The van der Waals surface area contributed by atoms with Gasteiger partial charge in [0, 0.05) is 18.8 Å². The van der Waals surface area contributed by atoms with Gasteiger partial charge in [-0.05, 0) is 24.8 Å². The van der Waals surface area contributed by atoms with Crippen molar-refractivity contribution < 1.29 is 14.8 Å². The van der Waals surface area contributed by atoms with Crippen LogP contribution in [0.2, 0.25) is 0 Å². The zero-order valence-corrected chi connectivity index (χ0v) is 10.5. The van der Waals surface area contributed by atoms with E-state index in [2.05, 4.69) is 4.98 Å². The molecular formula is C12H15N3O4. The van der Waals surface area contributed by atoms with Gasteiger partial charge in [-0.3, -0.25) is 10.1 Å². The van der Waals surface area contributed by atoms with Gasteiger partial charge in [0.2, 0.25) is 5.82 Å². The van der Waals surface area contributed by atoms with Gasteiger partial charge in [-0.1, -0.05) is 6.92 Å². The first kappa shape index (κ1) is 13.3. The molecule has 1 aliphatic rings. The van der Waals surface area contributed by atoms with Crippen LogP contribution in [0.3, 0.4) is 0 Å². The van der Waals surface area contributed by atoms with E-state index in [1.54, 1.807) is 0 Å². The zero-order valence-electron chi connectivity index (χ0n) is 10.5. The molecule has 0 aliphatic carbocycles. The molecule has 0 amide bonds. The highest BCUT2D eigenvalue weighted by Gasteiger charge is 2.35. The van der Waals surface area contributed by atoms with Gasteiger partial charge in [0.05, 0.1) is 4.92 Å². The number of anilines is 1. The molecule has 7 nitrogen and oxygen atoms in total. The van der Waals surface area contributed by atoms with Gasteiger partial charge in [0.1, 0.15) is 6.04 Å². The van der Waals surface area contributed by atoms with E-state index >= 15 is 0 Å². The van der Waals surface area contributed by atoms with Crippen molar-refractivity contribution in [1.29, 1.82) is 0 Å². The first-order chi connectivity index (χ1) is 9.00. The Balaban J connectivity index is 2.39. The highest BCUT2D eigenvalue weighted by atomic mass is 16.6. The number of hydrogen-bond acceptors (Lipinski definition) is 5. The van der Waals surface area contributed by atoms with Gasteiger partial charge in [-0.2, -0.15) is 0 Å². The molecule has 0 radical (unpaired) electrons. The molecular weight excluding hydrogens is 250 g/mol. The topological polar surface area (TPSA) is 96.6 Å². The van der Waals surface area contributed by atoms with Gasteiger partial charge < -0.3 is 10.0 Å². The molecule has 102 valence electrons. The largest absolute Gasteiger partial charge is 0.480 e. The van der Waals surface area contributed by atoms with E-state index in [0.717, 1.165) is 6.42 Å². The molecule has 2 rings (SSSR count). The molecule has 0 aromatic carbocycles. The van der Waals surface area contributed by atoms with Gasteiger partial charge in [-0.25, -0.2) is 9.78 Å². The van der Waals surface area contributed by atoms with Crippen molar-refractivity contribution in [2.75, 3.05) is 11.4 Å². The molecule has 0 bridgehead atoms. The number of carboxylic acid groups (broad SMARTS) is 1. The lowest BCUT2D eigenvalue weighted by atomic mass is 9.92. The minimum absolute atomic E-state index is 0.145. The number of hydrogen-bond donors (Lipinski definition) is 1. The van der Waals surface area contributed by atoms with Crippen molar-refractivity contribution in [2.45, 2.75) is 25.8 Å². The van der Waals surface area contributed by atoms with Crippen molar-refractivity contribution in [1.82, 2.24) is 4.98 Å². The van der Waals surface area contributed by atoms with Crippen LogP contribution in [-0.2, 0) is 4.79 Å². The fourth-order valence-corrected chi connectivity index (χ4v) is 2.38. The molecule has 1 saturated heterocycles. The Morgan fingerprint density at radius 3 is 3.00 bits per heavy atom. The number of aromatic nitrogens is 1. The Labute approximate surface area is 110 Å². The number of pyridine rings is 1. The molecule has 0 spiro atoms. The summed E-state index contributed by atoms with van der Waals surface area (Å²) in [5, 5.41) is 20.3. The molecule has 1 aliphatic heterocycles. The number of nitrogens with zero attached hydrogens (tertiary/aromatic N) is 3. The molecule has 2 heterocycles. The van der Waals surface area contributed by atoms with Crippen molar-refractivity contribution in [3.63, 3.8) is 0 Å². The summed E-state index contributed by atoms with van der Waals surface area (Å²) in [6, 6.07) is 2.07. The first-order valence-corrected chi connectivity index (χ1v) is 6.09. The molecule has 1 aromatic heterocycles. The van der Waals surface area contributed by atoms with Gasteiger partial charge >= 0.3 is 11.7 Å². The van der Waals surface area contributed by atoms with Crippen LogP contribution in [0.25, 0.3) is 0 Å². The molecule has 7 heteroatoms.